The van der Waals surface area contributed by atoms with Crippen molar-refractivity contribution in [2.45, 2.75) is 38.3 Å². The third kappa shape index (κ3) is 4.66. The molecule has 0 aliphatic heterocycles. The molecule has 1 aliphatic rings. The quantitative estimate of drug-likeness (QED) is 0.613. The van der Waals surface area contributed by atoms with Crippen LogP contribution in [0.3, 0.4) is 0 Å². The Morgan fingerprint density at radius 2 is 1.71 bits per heavy atom. The predicted molar refractivity (Wildman–Crippen MR) is 121 cm³/mol. The van der Waals surface area contributed by atoms with Gasteiger partial charge >= 0.3 is 6.03 Å². The fraction of sp³-hybridized carbons (Fsp3) is 0.333. The number of ether oxygens (including phenoxy) is 2. The molecule has 2 amide bonds. The Morgan fingerprint density at radius 1 is 1.03 bits per heavy atom. The fourth-order valence-electron chi connectivity index (χ4n) is 4.11. The van der Waals surface area contributed by atoms with Gasteiger partial charge in [0.2, 0.25) is 0 Å². The molecule has 4 rings (SSSR count). The zero-order valence-electron chi connectivity index (χ0n) is 17.8. The summed E-state index contributed by atoms with van der Waals surface area (Å²) in [6.45, 7) is 0.245. The Bertz CT molecular complexity index is 1120. The van der Waals surface area contributed by atoms with Crippen LogP contribution in [0.15, 0.2) is 53.3 Å². The van der Waals surface area contributed by atoms with Crippen molar-refractivity contribution >= 4 is 22.6 Å². The van der Waals surface area contributed by atoms with E-state index in [0.29, 0.717) is 11.3 Å². The Labute approximate surface area is 181 Å². The van der Waals surface area contributed by atoms with E-state index in [-0.39, 0.29) is 24.2 Å². The monoisotopic (exact) mass is 421 g/mol. The summed E-state index contributed by atoms with van der Waals surface area (Å²) in [6, 6.07) is 14.5. The molecule has 0 unspecified atom stereocenters. The number of H-pyrrole nitrogens is 1. The second-order valence-corrected chi connectivity index (χ2v) is 7.80. The van der Waals surface area contributed by atoms with E-state index in [1.165, 1.54) is 0 Å². The van der Waals surface area contributed by atoms with E-state index >= 15 is 0 Å². The first kappa shape index (κ1) is 20.8. The number of carbonyl (C=O) groups is 1. The number of pyridine rings is 1. The van der Waals surface area contributed by atoms with Gasteiger partial charge in [-0.15, -0.1) is 0 Å². The van der Waals surface area contributed by atoms with Gasteiger partial charge in [0.1, 0.15) is 11.5 Å². The van der Waals surface area contributed by atoms with Gasteiger partial charge in [-0.25, -0.2) is 4.79 Å². The number of urea groups is 1. The lowest BCUT2D eigenvalue weighted by Crippen LogP contribution is -2.42. The number of benzene rings is 2. The van der Waals surface area contributed by atoms with Gasteiger partial charge < -0.3 is 24.7 Å². The summed E-state index contributed by atoms with van der Waals surface area (Å²) in [5, 5.41) is 3.84. The Kier molecular flexibility index (Phi) is 6.11. The third-order valence-electron chi connectivity index (χ3n) is 5.84. The first-order valence-electron chi connectivity index (χ1n) is 10.5. The van der Waals surface area contributed by atoms with Crippen LogP contribution in [0.5, 0.6) is 11.5 Å². The molecular weight excluding hydrogens is 394 g/mol. The maximum absolute atomic E-state index is 13.2. The second-order valence-electron chi connectivity index (χ2n) is 7.80. The van der Waals surface area contributed by atoms with Crippen LogP contribution in [0.25, 0.3) is 10.9 Å². The van der Waals surface area contributed by atoms with Crippen LogP contribution < -0.4 is 20.3 Å². The summed E-state index contributed by atoms with van der Waals surface area (Å²) >= 11 is 0. The molecule has 0 saturated heterocycles. The molecule has 1 heterocycles. The lowest BCUT2D eigenvalue weighted by molar-refractivity contribution is 0.184. The highest BCUT2D eigenvalue weighted by atomic mass is 16.5. The number of methoxy groups -OCH3 is 2. The van der Waals surface area contributed by atoms with Gasteiger partial charge in [0.25, 0.3) is 5.56 Å². The number of rotatable bonds is 6. The molecule has 31 heavy (non-hydrogen) atoms. The number of fused-ring (bicyclic) bond motifs is 1. The molecule has 2 aromatic carbocycles. The Hall–Kier alpha value is -3.48. The van der Waals surface area contributed by atoms with Gasteiger partial charge in [-0.3, -0.25) is 4.79 Å². The number of aromatic amines is 1. The molecule has 7 nitrogen and oxygen atoms in total. The van der Waals surface area contributed by atoms with Crippen molar-refractivity contribution in [3.8, 4) is 11.5 Å². The van der Waals surface area contributed by atoms with Gasteiger partial charge in [0.15, 0.2) is 0 Å². The summed E-state index contributed by atoms with van der Waals surface area (Å²) in [7, 11) is 3.21. The summed E-state index contributed by atoms with van der Waals surface area (Å²) < 4.78 is 10.5. The highest BCUT2D eigenvalue weighted by Gasteiger charge is 2.27. The standard InChI is InChI=1S/C24H27N3O4/c1-30-20-9-7-18(8-10-20)25-24(29)27(19-5-3-4-6-19)15-17-13-16-14-21(31-2)11-12-22(16)26-23(17)28/h7-14,19H,3-6,15H2,1-2H3,(H,25,29)(H,26,28). The van der Waals surface area contributed by atoms with E-state index in [4.69, 9.17) is 9.47 Å². The lowest BCUT2D eigenvalue weighted by atomic mass is 10.1. The number of aromatic nitrogens is 1. The van der Waals surface area contributed by atoms with Crippen molar-refractivity contribution < 1.29 is 14.3 Å². The van der Waals surface area contributed by atoms with E-state index in [1.54, 1.807) is 43.4 Å². The van der Waals surface area contributed by atoms with E-state index in [9.17, 15) is 9.59 Å². The van der Waals surface area contributed by atoms with Gasteiger partial charge in [-0.05, 0) is 61.4 Å². The molecule has 2 N–H and O–H groups in total. The first-order chi connectivity index (χ1) is 15.1. The SMILES string of the molecule is COc1ccc(NC(=O)N(Cc2cc3cc(OC)ccc3[nH]c2=O)C2CCCC2)cc1. The van der Waals surface area contributed by atoms with Crippen LogP contribution in [0.2, 0.25) is 0 Å². The van der Waals surface area contributed by atoms with Gasteiger partial charge in [-0.1, -0.05) is 12.8 Å². The van der Waals surface area contributed by atoms with Gasteiger partial charge in [0.05, 0.1) is 20.8 Å². The Morgan fingerprint density at radius 3 is 2.39 bits per heavy atom. The molecule has 0 radical (unpaired) electrons. The zero-order chi connectivity index (χ0) is 21.8. The molecule has 1 fully saturated rings. The average molecular weight is 421 g/mol. The maximum atomic E-state index is 13.2. The van der Waals surface area contributed by atoms with Crippen molar-refractivity contribution in [2.24, 2.45) is 0 Å². The van der Waals surface area contributed by atoms with E-state index in [0.717, 1.165) is 48.1 Å². The molecule has 0 bridgehead atoms. The van der Waals surface area contributed by atoms with Crippen molar-refractivity contribution in [2.75, 3.05) is 19.5 Å². The van der Waals surface area contributed by atoms with Crippen LogP contribution in [-0.4, -0.2) is 36.2 Å². The number of hydrogen-bond acceptors (Lipinski definition) is 4. The number of anilines is 1. The molecule has 7 heteroatoms. The minimum atomic E-state index is -0.206. The van der Waals surface area contributed by atoms with E-state index < -0.39 is 0 Å². The smallest absolute Gasteiger partial charge is 0.322 e. The van der Waals surface area contributed by atoms with Crippen molar-refractivity contribution in [1.29, 1.82) is 0 Å². The van der Waals surface area contributed by atoms with Crippen LogP contribution in [0, 0.1) is 0 Å². The normalized spacial score (nSPS) is 13.9. The number of amides is 2. The predicted octanol–water partition coefficient (Wildman–Crippen LogP) is 4.52. The first-order valence-corrected chi connectivity index (χ1v) is 10.5. The number of nitrogens with zero attached hydrogens (tertiary/aromatic N) is 1. The lowest BCUT2D eigenvalue weighted by Gasteiger charge is -2.29. The zero-order valence-corrected chi connectivity index (χ0v) is 17.8. The summed E-state index contributed by atoms with van der Waals surface area (Å²) in [4.78, 5) is 30.6. The van der Waals surface area contributed by atoms with Gasteiger partial charge in [0, 0.05) is 28.2 Å². The molecular formula is C24H27N3O4. The highest BCUT2D eigenvalue weighted by molar-refractivity contribution is 5.89. The van der Waals surface area contributed by atoms with Crippen molar-refractivity contribution in [3.63, 3.8) is 0 Å². The number of hydrogen-bond donors (Lipinski definition) is 2. The Balaban J connectivity index is 1.61. The number of carbonyl (C=O) groups excluding carboxylic acids is 1. The minimum Gasteiger partial charge on any atom is -0.497 e. The molecule has 3 aromatic rings. The van der Waals surface area contributed by atoms with Crippen molar-refractivity contribution in [1.82, 2.24) is 9.88 Å². The molecule has 1 saturated carbocycles. The molecule has 0 spiro atoms. The second kappa shape index (κ2) is 9.12. The van der Waals surface area contributed by atoms with Crippen LogP contribution in [-0.2, 0) is 6.54 Å². The molecule has 1 aromatic heterocycles. The number of nitrogens with one attached hydrogen (secondary N) is 2. The topological polar surface area (TPSA) is 83.7 Å². The highest BCUT2D eigenvalue weighted by Crippen LogP contribution is 2.26. The van der Waals surface area contributed by atoms with Crippen LogP contribution in [0.4, 0.5) is 10.5 Å². The third-order valence-corrected chi connectivity index (χ3v) is 5.84. The van der Waals surface area contributed by atoms with E-state index in [1.807, 2.05) is 24.3 Å². The van der Waals surface area contributed by atoms with Crippen LogP contribution in [0.1, 0.15) is 31.2 Å². The molecule has 0 atom stereocenters. The summed E-state index contributed by atoms with van der Waals surface area (Å²) in [5.74, 6) is 1.44. The molecule has 162 valence electrons. The fourth-order valence-corrected chi connectivity index (χ4v) is 4.11. The van der Waals surface area contributed by atoms with E-state index in [2.05, 4.69) is 10.3 Å². The minimum absolute atomic E-state index is 0.110. The summed E-state index contributed by atoms with van der Waals surface area (Å²) in [5.41, 5.74) is 1.80. The van der Waals surface area contributed by atoms with Crippen LogP contribution >= 0.6 is 0 Å². The van der Waals surface area contributed by atoms with Crippen molar-refractivity contribution in [3.05, 3.63) is 64.4 Å². The largest absolute Gasteiger partial charge is 0.497 e. The van der Waals surface area contributed by atoms with Gasteiger partial charge in [-0.2, -0.15) is 0 Å². The average Bonchev–Trinajstić information content (AvgIpc) is 3.32. The summed E-state index contributed by atoms with van der Waals surface area (Å²) in [6.07, 6.45) is 4.05. The molecule has 1 aliphatic carbocycles. The maximum Gasteiger partial charge on any atom is 0.322 e.